The van der Waals surface area contributed by atoms with Crippen molar-refractivity contribution in [2.24, 2.45) is 0 Å². The number of amides is 1. The fourth-order valence-corrected chi connectivity index (χ4v) is 3.77. The molecule has 3 aromatic heterocycles. The predicted octanol–water partition coefficient (Wildman–Crippen LogP) is 4.12. The van der Waals surface area contributed by atoms with E-state index < -0.39 is 5.69 Å². The number of carbonyl (C=O) groups is 1. The number of hydrogen-bond acceptors (Lipinski definition) is 6. The largest absolute Gasteiger partial charge is 0.350 e. The van der Waals surface area contributed by atoms with Crippen LogP contribution in [-0.4, -0.2) is 30.2 Å². The molecule has 1 amide bonds. The van der Waals surface area contributed by atoms with Gasteiger partial charge in [0, 0.05) is 22.5 Å². The number of fused-ring (bicyclic) bond motifs is 1. The van der Waals surface area contributed by atoms with Gasteiger partial charge in [-0.25, -0.2) is 13.9 Å². The fourth-order valence-electron chi connectivity index (χ4n) is 3.58. The van der Waals surface area contributed by atoms with Gasteiger partial charge in [-0.15, -0.1) is 5.10 Å². The molecule has 170 valence electrons. The highest BCUT2D eigenvalue weighted by Gasteiger charge is 2.19. The Morgan fingerprint density at radius 3 is 2.79 bits per heavy atom. The van der Waals surface area contributed by atoms with E-state index in [1.54, 1.807) is 36.5 Å². The number of halogens is 1. The first-order valence-corrected chi connectivity index (χ1v) is 10.8. The minimum Gasteiger partial charge on any atom is -0.333 e. The van der Waals surface area contributed by atoms with Crippen LogP contribution < -0.4 is 11.0 Å². The zero-order valence-corrected chi connectivity index (χ0v) is 19.1. The van der Waals surface area contributed by atoms with Crippen LogP contribution in [0.1, 0.15) is 11.1 Å². The zero-order valence-electron chi connectivity index (χ0n) is 18.3. The topological polar surface area (TPSA) is 107 Å². The maximum absolute atomic E-state index is 12.9. The minimum atomic E-state index is -0.456. The Bertz CT molecular complexity index is 1600. The summed E-state index contributed by atoms with van der Waals surface area (Å²) in [5.74, 6) is 0.188. The number of hydrogen-bond donors (Lipinski definition) is 1. The Kier molecular flexibility index (Phi) is 5.46. The third-order valence-corrected chi connectivity index (χ3v) is 5.54. The van der Waals surface area contributed by atoms with E-state index in [1.807, 2.05) is 38.1 Å². The average Bonchev–Trinajstić information content (AvgIpc) is 3.42. The first kappa shape index (κ1) is 21.6. The van der Waals surface area contributed by atoms with Crippen molar-refractivity contribution >= 4 is 28.8 Å². The van der Waals surface area contributed by atoms with Crippen LogP contribution in [0.25, 0.3) is 28.5 Å². The molecule has 34 heavy (non-hydrogen) atoms. The Balaban J connectivity index is 1.46. The van der Waals surface area contributed by atoms with E-state index in [0.29, 0.717) is 33.3 Å². The molecule has 0 unspecified atom stereocenters. The lowest BCUT2D eigenvalue weighted by atomic mass is 10.1. The maximum Gasteiger partial charge on any atom is 0.350 e. The van der Waals surface area contributed by atoms with Crippen molar-refractivity contribution in [2.75, 3.05) is 5.32 Å². The SMILES string of the molecule is Cc1ccc(C)c(NC(=O)Cn2nc3c(-c4nc(-c5cccc(Cl)c5)no4)cccn3c2=O)c1. The molecule has 10 heteroatoms. The van der Waals surface area contributed by atoms with Gasteiger partial charge in [-0.05, 0) is 55.3 Å². The monoisotopic (exact) mass is 474 g/mol. The van der Waals surface area contributed by atoms with Crippen LogP contribution >= 0.6 is 11.6 Å². The third-order valence-electron chi connectivity index (χ3n) is 5.31. The van der Waals surface area contributed by atoms with Gasteiger partial charge in [0.15, 0.2) is 5.65 Å². The Morgan fingerprint density at radius 2 is 1.97 bits per heavy atom. The molecule has 0 aliphatic carbocycles. The number of nitrogens with one attached hydrogen (secondary N) is 1. The van der Waals surface area contributed by atoms with Crippen molar-refractivity contribution in [3.05, 3.63) is 87.4 Å². The van der Waals surface area contributed by atoms with Crippen LogP contribution in [0.5, 0.6) is 0 Å². The highest BCUT2D eigenvalue weighted by molar-refractivity contribution is 6.30. The molecular weight excluding hydrogens is 456 g/mol. The Hall–Kier alpha value is -4.24. The van der Waals surface area contributed by atoms with Gasteiger partial charge in [-0.2, -0.15) is 4.98 Å². The second-order valence-corrected chi connectivity index (χ2v) is 8.29. The van der Waals surface area contributed by atoms with Crippen LogP contribution in [-0.2, 0) is 11.3 Å². The molecule has 0 saturated carbocycles. The van der Waals surface area contributed by atoms with E-state index in [-0.39, 0.29) is 18.3 Å². The van der Waals surface area contributed by atoms with Gasteiger partial charge in [0.25, 0.3) is 5.89 Å². The van der Waals surface area contributed by atoms with E-state index in [1.165, 1.54) is 4.40 Å². The Labute approximate surface area is 198 Å². The standard InChI is InChI=1S/C24H19ClN6O3/c1-14-8-9-15(2)19(11-14)26-20(32)13-31-24(33)30-10-4-7-18(22(30)28-31)23-27-21(29-34-23)16-5-3-6-17(25)12-16/h3-12H,13H2,1-2H3,(H,26,32). The van der Waals surface area contributed by atoms with E-state index >= 15 is 0 Å². The van der Waals surface area contributed by atoms with Crippen molar-refractivity contribution < 1.29 is 9.32 Å². The molecular formula is C24H19ClN6O3. The van der Waals surface area contributed by atoms with E-state index in [2.05, 4.69) is 20.6 Å². The summed E-state index contributed by atoms with van der Waals surface area (Å²) in [4.78, 5) is 30.0. The normalized spacial score (nSPS) is 11.1. The highest BCUT2D eigenvalue weighted by Crippen LogP contribution is 2.26. The molecule has 0 saturated heterocycles. The fraction of sp³-hybridized carbons (Fsp3) is 0.125. The molecule has 0 fully saturated rings. The number of benzene rings is 2. The van der Waals surface area contributed by atoms with Crippen molar-refractivity contribution in [1.82, 2.24) is 24.3 Å². The summed E-state index contributed by atoms with van der Waals surface area (Å²) >= 11 is 6.06. The minimum absolute atomic E-state index is 0.192. The van der Waals surface area contributed by atoms with Gasteiger partial charge in [0.2, 0.25) is 11.7 Å². The predicted molar refractivity (Wildman–Crippen MR) is 128 cm³/mol. The molecule has 0 aliphatic heterocycles. The molecule has 0 atom stereocenters. The lowest BCUT2D eigenvalue weighted by Gasteiger charge is -2.08. The maximum atomic E-state index is 12.9. The van der Waals surface area contributed by atoms with Crippen LogP contribution in [0.3, 0.4) is 0 Å². The highest BCUT2D eigenvalue weighted by atomic mass is 35.5. The summed E-state index contributed by atoms with van der Waals surface area (Å²) in [5.41, 5.74) is 3.65. The summed E-state index contributed by atoms with van der Waals surface area (Å²) in [6.45, 7) is 3.60. The number of rotatable bonds is 5. The van der Waals surface area contributed by atoms with Gasteiger partial charge < -0.3 is 9.84 Å². The van der Waals surface area contributed by atoms with Crippen LogP contribution in [0.2, 0.25) is 5.02 Å². The molecule has 5 rings (SSSR count). The molecule has 9 nitrogen and oxygen atoms in total. The van der Waals surface area contributed by atoms with Crippen molar-refractivity contribution in [3.63, 3.8) is 0 Å². The smallest absolute Gasteiger partial charge is 0.333 e. The van der Waals surface area contributed by atoms with Crippen LogP contribution in [0.4, 0.5) is 5.69 Å². The lowest BCUT2D eigenvalue weighted by Crippen LogP contribution is -2.28. The van der Waals surface area contributed by atoms with Crippen LogP contribution in [0, 0.1) is 13.8 Å². The van der Waals surface area contributed by atoms with Gasteiger partial charge >= 0.3 is 5.69 Å². The van der Waals surface area contributed by atoms with Crippen molar-refractivity contribution in [2.45, 2.75) is 20.4 Å². The van der Waals surface area contributed by atoms with Gasteiger partial charge in [-0.1, -0.05) is 41.0 Å². The van der Waals surface area contributed by atoms with E-state index in [0.717, 1.165) is 15.8 Å². The molecule has 0 spiro atoms. The lowest BCUT2D eigenvalue weighted by molar-refractivity contribution is -0.117. The first-order chi connectivity index (χ1) is 16.4. The number of carbonyl (C=O) groups excluding carboxylic acids is 1. The van der Waals surface area contributed by atoms with E-state index in [4.69, 9.17) is 16.1 Å². The molecule has 0 bridgehead atoms. The second-order valence-electron chi connectivity index (χ2n) is 7.86. The molecule has 0 aliphatic rings. The first-order valence-electron chi connectivity index (χ1n) is 10.4. The molecule has 0 radical (unpaired) electrons. The third kappa shape index (κ3) is 4.08. The average molecular weight is 475 g/mol. The van der Waals surface area contributed by atoms with Gasteiger partial charge in [0.05, 0.1) is 5.56 Å². The molecule has 2 aromatic carbocycles. The summed E-state index contributed by atoms with van der Waals surface area (Å²) < 4.78 is 7.88. The summed E-state index contributed by atoms with van der Waals surface area (Å²) in [6.07, 6.45) is 1.57. The van der Waals surface area contributed by atoms with Crippen molar-refractivity contribution in [3.8, 4) is 22.8 Å². The van der Waals surface area contributed by atoms with Gasteiger partial charge in [-0.3, -0.25) is 4.79 Å². The Morgan fingerprint density at radius 1 is 1.12 bits per heavy atom. The van der Waals surface area contributed by atoms with Crippen LogP contribution in [0.15, 0.2) is 70.1 Å². The molecule has 1 N–H and O–H groups in total. The molecule has 5 aromatic rings. The number of aromatic nitrogens is 5. The van der Waals surface area contributed by atoms with Crippen molar-refractivity contribution in [1.29, 1.82) is 0 Å². The number of pyridine rings is 1. The van der Waals surface area contributed by atoms with E-state index in [9.17, 15) is 9.59 Å². The quantitative estimate of drug-likeness (QED) is 0.410. The summed E-state index contributed by atoms with van der Waals surface area (Å²) in [5, 5.41) is 11.8. The molecule has 3 heterocycles. The van der Waals surface area contributed by atoms with Gasteiger partial charge in [0.1, 0.15) is 6.54 Å². The second kappa shape index (κ2) is 8.60. The zero-order chi connectivity index (χ0) is 23.8. The number of nitrogens with zero attached hydrogens (tertiary/aromatic N) is 5. The summed E-state index contributed by atoms with van der Waals surface area (Å²) in [7, 11) is 0. The number of aryl methyl sites for hydroxylation is 2. The number of anilines is 1. The summed E-state index contributed by atoms with van der Waals surface area (Å²) in [6, 6.07) is 16.3.